The fraction of sp³-hybridized carbons (Fsp3) is 0.196. The molecular formula is C51H52BrN15O8S2. The minimum absolute atomic E-state index is 0.0827. The summed E-state index contributed by atoms with van der Waals surface area (Å²) in [7, 11) is -2.71. The number of halogens is 1. The summed E-state index contributed by atoms with van der Waals surface area (Å²) >= 11 is 2.97. The van der Waals surface area contributed by atoms with Crippen LogP contribution in [0.1, 0.15) is 49.3 Å². The average molecular weight is 1150 g/mol. The Bertz CT molecular complexity index is 3780. The van der Waals surface area contributed by atoms with Crippen molar-refractivity contribution in [2.45, 2.75) is 61.1 Å². The van der Waals surface area contributed by atoms with Crippen LogP contribution in [0.4, 0.5) is 17.5 Å². The van der Waals surface area contributed by atoms with Gasteiger partial charge in [-0.25, -0.2) is 51.5 Å². The number of sulfone groups is 2. The van der Waals surface area contributed by atoms with Gasteiger partial charge in [0.1, 0.15) is 4.60 Å². The van der Waals surface area contributed by atoms with Gasteiger partial charge in [-0.3, -0.25) is 0 Å². The number of aromatic carboxylic acids is 1. The summed E-state index contributed by atoms with van der Waals surface area (Å²) in [6.07, 6.45) is 4.36. The maximum atomic E-state index is 12.4. The number of hydrogen-bond acceptors (Lipinski definition) is 22. The zero-order valence-electron chi connectivity index (χ0n) is 42.3. The summed E-state index contributed by atoms with van der Waals surface area (Å²) in [6, 6.07) is 28.3. The van der Waals surface area contributed by atoms with E-state index < -0.39 is 36.1 Å². The molecule has 26 heteroatoms. The van der Waals surface area contributed by atoms with Crippen LogP contribution in [0.25, 0.3) is 68.6 Å². The number of hydrogen-bond donors (Lipinski definition) is 5. The quantitative estimate of drug-likeness (QED) is 0.0713. The lowest BCUT2D eigenvalue weighted by Gasteiger charge is -2.09. The molecule has 77 heavy (non-hydrogen) atoms. The van der Waals surface area contributed by atoms with Gasteiger partial charge in [-0.15, -0.1) is 20.4 Å². The number of anilines is 3. The monoisotopic (exact) mass is 1150 g/mol. The fourth-order valence-corrected chi connectivity index (χ4v) is 9.37. The van der Waals surface area contributed by atoms with Crippen LogP contribution in [-0.4, -0.2) is 108 Å². The molecule has 5 aromatic heterocycles. The Hall–Kier alpha value is -8.43. The number of nitrogens with zero attached hydrogens (tertiary/aromatic N) is 11. The normalized spacial score (nSPS) is 11.5. The van der Waals surface area contributed by atoms with Crippen LogP contribution in [0.2, 0.25) is 0 Å². The summed E-state index contributed by atoms with van der Waals surface area (Å²) in [5.74, 6) is -0.0338. The van der Waals surface area contributed by atoms with E-state index in [1.807, 2.05) is 62.6 Å². The van der Waals surface area contributed by atoms with Gasteiger partial charge in [0, 0.05) is 35.3 Å². The maximum absolute atomic E-state index is 12.4. The third-order valence-electron chi connectivity index (χ3n) is 11.1. The molecule has 0 fully saturated rings. The van der Waals surface area contributed by atoms with E-state index in [9.17, 15) is 21.6 Å². The molecule has 0 unspecified atom stereocenters. The Morgan fingerprint density at radius 2 is 1.00 bits per heavy atom. The number of aromatic nitrogens is 10. The SMILES string of the molecule is CC(C)S(=O)(=O)c1ccc(-c2cnc(N)c(-c3nnc(-c4cccc(CN(C)C)c4)o3)n2)cc1.CC(C)S(=O)(=O)c1ccc(-c2cnc(N)c(-c3nnc(-c4cccc(CN)c4)o3)n2)cc1.Nc1ncc(Br)nc1C(=O)O. The molecule has 0 aliphatic carbocycles. The van der Waals surface area contributed by atoms with Crippen molar-refractivity contribution in [2.24, 2.45) is 5.73 Å². The van der Waals surface area contributed by atoms with Gasteiger partial charge in [-0.1, -0.05) is 48.5 Å². The lowest BCUT2D eigenvalue weighted by atomic mass is 10.1. The second-order valence-electron chi connectivity index (χ2n) is 17.6. The average Bonchev–Trinajstić information content (AvgIpc) is 4.14. The molecule has 0 spiro atoms. The predicted molar refractivity (Wildman–Crippen MR) is 292 cm³/mol. The first-order valence-electron chi connectivity index (χ1n) is 23.2. The van der Waals surface area contributed by atoms with Crippen molar-refractivity contribution in [3.05, 3.63) is 137 Å². The zero-order chi connectivity index (χ0) is 55.8. The molecule has 9 N–H and O–H groups in total. The Balaban J connectivity index is 0.000000187. The molecule has 9 rings (SSSR count). The molecule has 4 aromatic carbocycles. The molecule has 0 radical (unpaired) electrons. The van der Waals surface area contributed by atoms with Crippen molar-refractivity contribution in [2.75, 3.05) is 31.3 Å². The van der Waals surface area contributed by atoms with Crippen LogP contribution in [0.5, 0.6) is 0 Å². The second kappa shape index (κ2) is 24.1. The van der Waals surface area contributed by atoms with E-state index in [2.05, 4.69) is 71.1 Å². The Labute approximate surface area is 451 Å². The maximum Gasteiger partial charge on any atom is 0.358 e. The first-order valence-corrected chi connectivity index (χ1v) is 27.1. The van der Waals surface area contributed by atoms with Gasteiger partial charge < -0.3 is 41.8 Å². The number of carboxylic acid groups (broad SMARTS) is 1. The summed E-state index contributed by atoms with van der Waals surface area (Å²) < 4.78 is 61.5. The van der Waals surface area contributed by atoms with Gasteiger partial charge in [0.2, 0.25) is 11.8 Å². The highest BCUT2D eigenvalue weighted by molar-refractivity contribution is 9.10. The predicted octanol–water partition coefficient (Wildman–Crippen LogP) is 7.29. The standard InChI is InChI=1S/C24H26N6O3S.C22H22N6O3S.C5H4BrN3O2/c1-15(2)34(31,32)19-10-8-17(9-11-19)20-13-26-22(25)21(27-20)24-29-28-23(33-24)18-7-5-6-16(12-18)14-30(3)4;1-13(2)32(29,30)17-8-6-15(7-9-17)18-12-25-20(24)19(26-18)22-28-27-21(31-22)16-5-3-4-14(10-16)11-23;6-2-1-8-4(7)3(9-2)5(10)11/h5-13,15H,14H2,1-4H3,(H2,25,26);3-10,12-13H,11,23H2,1-2H3,(H2,24,25);1H,(H2,7,8)(H,10,11). The first-order chi connectivity index (χ1) is 36.5. The molecule has 398 valence electrons. The minimum atomic E-state index is -3.36. The van der Waals surface area contributed by atoms with E-state index in [4.69, 9.17) is 36.9 Å². The van der Waals surface area contributed by atoms with Gasteiger partial charge in [0.25, 0.3) is 11.8 Å². The van der Waals surface area contributed by atoms with E-state index in [0.717, 1.165) is 28.8 Å². The summed E-state index contributed by atoms with van der Waals surface area (Å²) in [5, 5.41) is 23.9. The molecule has 0 saturated carbocycles. The highest BCUT2D eigenvalue weighted by atomic mass is 79.9. The van der Waals surface area contributed by atoms with Crippen LogP contribution >= 0.6 is 15.9 Å². The molecule has 0 aliphatic rings. The molecular weight excluding hydrogens is 1090 g/mol. The van der Waals surface area contributed by atoms with Crippen molar-refractivity contribution >= 4 is 59.0 Å². The van der Waals surface area contributed by atoms with Crippen molar-refractivity contribution < 1.29 is 35.6 Å². The van der Waals surface area contributed by atoms with Crippen molar-refractivity contribution in [1.29, 1.82) is 0 Å². The third-order valence-corrected chi connectivity index (χ3v) is 15.8. The Morgan fingerprint density at radius 1 is 0.584 bits per heavy atom. The third kappa shape index (κ3) is 13.5. The first kappa shape index (κ1) is 56.3. The van der Waals surface area contributed by atoms with E-state index in [0.29, 0.717) is 45.4 Å². The zero-order valence-corrected chi connectivity index (χ0v) is 45.5. The van der Waals surface area contributed by atoms with E-state index in [1.165, 1.54) is 18.6 Å². The molecule has 0 saturated heterocycles. The molecule has 9 aromatic rings. The minimum Gasteiger partial charge on any atom is -0.476 e. The number of carbonyl (C=O) groups is 1. The fourth-order valence-electron chi connectivity index (χ4n) is 6.97. The lowest BCUT2D eigenvalue weighted by molar-refractivity contribution is 0.0691. The van der Waals surface area contributed by atoms with Gasteiger partial charge in [0.15, 0.2) is 54.2 Å². The Kier molecular flexibility index (Phi) is 17.6. The van der Waals surface area contributed by atoms with Crippen LogP contribution in [0.3, 0.4) is 0 Å². The number of carboxylic acids is 1. The number of benzene rings is 4. The highest BCUT2D eigenvalue weighted by Gasteiger charge is 2.23. The summed E-state index contributed by atoms with van der Waals surface area (Å²) in [6.45, 7) is 7.77. The highest BCUT2D eigenvalue weighted by Crippen LogP contribution is 2.31. The number of nitrogen functional groups attached to an aromatic ring is 3. The molecule has 0 amide bonds. The summed E-state index contributed by atoms with van der Waals surface area (Å²) in [4.78, 5) is 37.7. The molecule has 0 aliphatic heterocycles. The van der Waals surface area contributed by atoms with Crippen LogP contribution in [0.15, 0.2) is 139 Å². The van der Waals surface area contributed by atoms with E-state index in [-0.39, 0.29) is 56.1 Å². The molecule has 5 heterocycles. The van der Waals surface area contributed by atoms with Gasteiger partial charge in [-0.05, 0) is 117 Å². The summed E-state index contributed by atoms with van der Waals surface area (Å²) in [5.41, 5.74) is 29.2. The smallest absolute Gasteiger partial charge is 0.358 e. The molecule has 0 bridgehead atoms. The second-order valence-corrected chi connectivity index (χ2v) is 23.4. The van der Waals surface area contributed by atoms with Crippen molar-refractivity contribution in [3.8, 4) is 68.6 Å². The van der Waals surface area contributed by atoms with Crippen LogP contribution < -0.4 is 22.9 Å². The van der Waals surface area contributed by atoms with Gasteiger partial charge in [0.05, 0.1) is 50.3 Å². The number of nitrogens with two attached hydrogens (primary N) is 4. The lowest BCUT2D eigenvalue weighted by Crippen LogP contribution is -2.13. The van der Waals surface area contributed by atoms with E-state index >= 15 is 0 Å². The van der Waals surface area contributed by atoms with E-state index in [1.54, 1.807) is 76.2 Å². The molecule has 23 nitrogen and oxygen atoms in total. The largest absolute Gasteiger partial charge is 0.476 e. The van der Waals surface area contributed by atoms with Gasteiger partial charge in [-0.2, -0.15) is 0 Å². The topological polar surface area (TPSA) is 368 Å². The number of rotatable bonds is 14. The Morgan fingerprint density at radius 3 is 1.40 bits per heavy atom. The van der Waals surface area contributed by atoms with Crippen LogP contribution in [0, 0.1) is 0 Å². The molecule has 0 atom stereocenters. The van der Waals surface area contributed by atoms with Crippen LogP contribution in [-0.2, 0) is 32.8 Å². The van der Waals surface area contributed by atoms with Crippen molar-refractivity contribution in [3.63, 3.8) is 0 Å². The van der Waals surface area contributed by atoms with Gasteiger partial charge >= 0.3 is 5.97 Å². The van der Waals surface area contributed by atoms with Crippen molar-refractivity contribution in [1.82, 2.24) is 55.2 Å².